The first-order chi connectivity index (χ1) is 7.22. The van der Waals surface area contributed by atoms with Crippen LogP contribution in [0.25, 0.3) is 0 Å². The van der Waals surface area contributed by atoms with Crippen molar-refractivity contribution >= 4 is 0 Å². The third-order valence-electron chi connectivity index (χ3n) is 2.62. The van der Waals surface area contributed by atoms with Crippen molar-refractivity contribution in [2.75, 3.05) is 19.8 Å². The molecule has 1 fully saturated rings. The molecule has 0 bridgehead atoms. The SMILES string of the molecule is CC1CC(COC/C(N)=C/NN)CCN1. The number of rotatable bonds is 5. The molecule has 0 aromatic rings. The van der Waals surface area contributed by atoms with Crippen LogP contribution < -0.4 is 22.3 Å². The molecule has 1 rings (SSSR count). The molecule has 1 heterocycles. The molecule has 15 heavy (non-hydrogen) atoms. The number of ether oxygens (including phenoxy) is 1. The summed E-state index contributed by atoms with van der Waals surface area (Å²) >= 11 is 0. The molecule has 0 aromatic carbocycles. The second kappa shape index (κ2) is 6.66. The molecular weight excluding hydrogens is 192 g/mol. The molecule has 88 valence electrons. The van der Waals surface area contributed by atoms with Gasteiger partial charge in [0, 0.05) is 12.2 Å². The molecule has 0 aromatic heterocycles. The van der Waals surface area contributed by atoms with Gasteiger partial charge in [-0.25, -0.2) is 0 Å². The van der Waals surface area contributed by atoms with Gasteiger partial charge in [0.05, 0.1) is 18.9 Å². The summed E-state index contributed by atoms with van der Waals surface area (Å²) in [6, 6.07) is 0.603. The smallest absolute Gasteiger partial charge is 0.0875 e. The van der Waals surface area contributed by atoms with E-state index in [0.717, 1.165) is 13.2 Å². The Morgan fingerprint density at radius 2 is 2.47 bits per heavy atom. The molecule has 0 spiro atoms. The van der Waals surface area contributed by atoms with Crippen LogP contribution in [-0.2, 0) is 4.74 Å². The quantitative estimate of drug-likeness (QED) is 0.371. The topological polar surface area (TPSA) is 85.3 Å². The highest BCUT2D eigenvalue weighted by Gasteiger charge is 2.17. The van der Waals surface area contributed by atoms with Crippen LogP contribution in [-0.4, -0.2) is 25.8 Å². The largest absolute Gasteiger partial charge is 0.399 e. The molecule has 1 aliphatic rings. The van der Waals surface area contributed by atoms with Crippen LogP contribution in [0.2, 0.25) is 0 Å². The Bertz CT molecular complexity index is 208. The van der Waals surface area contributed by atoms with E-state index in [9.17, 15) is 0 Å². The first-order valence-electron chi connectivity index (χ1n) is 5.44. The number of hydrogen-bond acceptors (Lipinski definition) is 5. The zero-order valence-electron chi connectivity index (χ0n) is 9.33. The van der Waals surface area contributed by atoms with Crippen molar-refractivity contribution in [3.8, 4) is 0 Å². The molecule has 0 saturated carbocycles. The van der Waals surface area contributed by atoms with E-state index in [1.54, 1.807) is 6.20 Å². The highest BCUT2D eigenvalue weighted by atomic mass is 16.5. The standard InChI is InChI=1S/C10H22N4O/c1-8-4-9(2-3-13-8)6-15-7-10(11)5-14-12/h5,8-9,13-14H,2-4,6-7,11-12H2,1H3/b10-5-. The predicted octanol–water partition coefficient (Wildman–Crippen LogP) is -0.345. The maximum absolute atomic E-state index is 5.61. The van der Waals surface area contributed by atoms with Crippen molar-refractivity contribution in [2.24, 2.45) is 17.5 Å². The first kappa shape index (κ1) is 12.3. The van der Waals surface area contributed by atoms with Gasteiger partial charge in [-0.2, -0.15) is 0 Å². The van der Waals surface area contributed by atoms with Gasteiger partial charge in [0.2, 0.25) is 0 Å². The van der Waals surface area contributed by atoms with Gasteiger partial charge in [-0.15, -0.1) is 0 Å². The fourth-order valence-electron chi connectivity index (χ4n) is 1.88. The van der Waals surface area contributed by atoms with E-state index in [-0.39, 0.29) is 0 Å². The maximum Gasteiger partial charge on any atom is 0.0875 e. The Labute approximate surface area is 91.2 Å². The maximum atomic E-state index is 5.61. The van der Waals surface area contributed by atoms with Crippen molar-refractivity contribution in [3.05, 3.63) is 11.9 Å². The molecule has 1 aliphatic heterocycles. The van der Waals surface area contributed by atoms with E-state index < -0.39 is 0 Å². The zero-order chi connectivity index (χ0) is 11.1. The number of nitrogens with one attached hydrogen (secondary N) is 2. The van der Waals surface area contributed by atoms with Crippen LogP contribution in [0.4, 0.5) is 0 Å². The summed E-state index contributed by atoms with van der Waals surface area (Å²) in [6.07, 6.45) is 3.91. The molecule has 2 unspecified atom stereocenters. The first-order valence-corrected chi connectivity index (χ1v) is 5.44. The van der Waals surface area contributed by atoms with Gasteiger partial charge in [-0.3, -0.25) is 5.84 Å². The van der Waals surface area contributed by atoms with E-state index in [2.05, 4.69) is 17.7 Å². The summed E-state index contributed by atoms with van der Waals surface area (Å²) in [4.78, 5) is 0. The van der Waals surface area contributed by atoms with Crippen molar-refractivity contribution in [1.82, 2.24) is 10.7 Å². The summed E-state index contributed by atoms with van der Waals surface area (Å²) in [5.74, 6) is 5.74. The van der Waals surface area contributed by atoms with Gasteiger partial charge < -0.3 is 21.2 Å². The lowest BCUT2D eigenvalue weighted by atomic mass is 9.94. The third-order valence-corrected chi connectivity index (χ3v) is 2.62. The lowest BCUT2D eigenvalue weighted by Gasteiger charge is -2.27. The summed E-state index contributed by atoms with van der Waals surface area (Å²) in [6.45, 7) is 4.53. The molecule has 5 heteroatoms. The molecule has 6 N–H and O–H groups in total. The minimum Gasteiger partial charge on any atom is -0.399 e. The highest BCUT2D eigenvalue weighted by Crippen LogP contribution is 2.16. The summed E-state index contributed by atoms with van der Waals surface area (Å²) in [7, 11) is 0. The fourth-order valence-corrected chi connectivity index (χ4v) is 1.88. The second-order valence-electron chi connectivity index (χ2n) is 4.15. The van der Waals surface area contributed by atoms with Gasteiger partial charge in [0.15, 0.2) is 0 Å². The van der Waals surface area contributed by atoms with Crippen LogP contribution in [0, 0.1) is 5.92 Å². The minimum atomic E-state index is 0.447. The van der Waals surface area contributed by atoms with Gasteiger partial charge in [-0.1, -0.05) is 0 Å². The van der Waals surface area contributed by atoms with Crippen molar-refractivity contribution in [3.63, 3.8) is 0 Å². The molecule has 2 atom stereocenters. The predicted molar refractivity (Wildman–Crippen MR) is 60.6 cm³/mol. The van der Waals surface area contributed by atoms with E-state index in [0.29, 0.717) is 24.3 Å². The molecule has 0 aliphatic carbocycles. The van der Waals surface area contributed by atoms with Crippen LogP contribution in [0.1, 0.15) is 19.8 Å². The Hall–Kier alpha value is -0.780. The number of hydrazine groups is 1. The van der Waals surface area contributed by atoms with E-state index in [1.165, 1.54) is 12.8 Å². The molecular formula is C10H22N4O. The normalized spacial score (nSPS) is 27.7. The van der Waals surface area contributed by atoms with Gasteiger partial charge >= 0.3 is 0 Å². The van der Waals surface area contributed by atoms with Crippen LogP contribution in [0.15, 0.2) is 11.9 Å². The monoisotopic (exact) mass is 214 g/mol. The Kier molecular flexibility index (Phi) is 5.45. The van der Waals surface area contributed by atoms with Crippen LogP contribution in [0.3, 0.4) is 0 Å². The molecule has 1 saturated heterocycles. The van der Waals surface area contributed by atoms with Gasteiger partial charge in [-0.05, 0) is 32.2 Å². The summed E-state index contributed by atoms with van der Waals surface area (Å²) in [5.41, 5.74) is 8.62. The molecule has 0 amide bonds. The Balaban J connectivity index is 2.11. The lowest BCUT2D eigenvalue weighted by Crippen LogP contribution is -2.37. The third kappa shape index (κ3) is 5.01. The van der Waals surface area contributed by atoms with Crippen molar-refractivity contribution < 1.29 is 4.74 Å². The van der Waals surface area contributed by atoms with Gasteiger partial charge in [0.25, 0.3) is 0 Å². The summed E-state index contributed by atoms with van der Waals surface area (Å²) < 4.78 is 5.52. The highest BCUT2D eigenvalue weighted by molar-refractivity contribution is 4.93. The average molecular weight is 214 g/mol. The number of piperidine rings is 1. The van der Waals surface area contributed by atoms with E-state index in [4.69, 9.17) is 16.3 Å². The number of hydrogen-bond donors (Lipinski definition) is 4. The van der Waals surface area contributed by atoms with Crippen LogP contribution >= 0.6 is 0 Å². The zero-order valence-corrected chi connectivity index (χ0v) is 9.33. The van der Waals surface area contributed by atoms with Crippen LogP contribution in [0.5, 0.6) is 0 Å². The van der Waals surface area contributed by atoms with Crippen molar-refractivity contribution in [1.29, 1.82) is 0 Å². The Morgan fingerprint density at radius 3 is 3.13 bits per heavy atom. The second-order valence-corrected chi connectivity index (χ2v) is 4.15. The Morgan fingerprint density at radius 1 is 1.67 bits per heavy atom. The molecule has 5 nitrogen and oxygen atoms in total. The number of nitrogens with two attached hydrogens (primary N) is 2. The fraction of sp³-hybridized carbons (Fsp3) is 0.800. The molecule has 0 radical (unpaired) electrons. The van der Waals surface area contributed by atoms with Gasteiger partial charge in [0.1, 0.15) is 0 Å². The summed E-state index contributed by atoms with van der Waals surface area (Å²) in [5, 5.41) is 3.41. The van der Waals surface area contributed by atoms with E-state index in [1.807, 2.05) is 0 Å². The minimum absolute atomic E-state index is 0.447. The average Bonchev–Trinajstić information content (AvgIpc) is 2.18. The van der Waals surface area contributed by atoms with Crippen molar-refractivity contribution in [2.45, 2.75) is 25.8 Å². The lowest BCUT2D eigenvalue weighted by molar-refractivity contribution is 0.0965. The van der Waals surface area contributed by atoms with E-state index >= 15 is 0 Å².